The minimum absolute atomic E-state index is 0.205. The molecule has 0 radical (unpaired) electrons. The van der Waals surface area contributed by atoms with Crippen molar-refractivity contribution in [2.45, 2.75) is 25.2 Å². The van der Waals surface area contributed by atoms with Crippen LogP contribution in [0.25, 0.3) is 0 Å². The van der Waals surface area contributed by atoms with E-state index in [0.717, 1.165) is 4.47 Å². The van der Waals surface area contributed by atoms with Gasteiger partial charge in [-0.2, -0.15) is 0 Å². The molecule has 2 N–H and O–H groups in total. The lowest BCUT2D eigenvalue weighted by atomic mass is 10.1. The number of ether oxygens (including phenoxy) is 1. The third-order valence-corrected chi connectivity index (χ3v) is 5.15. The van der Waals surface area contributed by atoms with Crippen molar-refractivity contribution in [2.24, 2.45) is 0 Å². The van der Waals surface area contributed by atoms with E-state index in [-0.39, 0.29) is 11.5 Å². The van der Waals surface area contributed by atoms with Crippen LogP contribution in [0.4, 0.5) is 0 Å². The van der Waals surface area contributed by atoms with Gasteiger partial charge in [0.2, 0.25) is 0 Å². The molecule has 3 unspecified atom stereocenters. The Morgan fingerprint density at radius 2 is 2.11 bits per heavy atom. The number of aliphatic hydroxyl groups is 2. The van der Waals surface area contributed by atoms with Crippen LogP contribution in [0.2, 0.25) is 0 Å². The van der Waals surface area contributed by atoms with Crippen molar-refractivity contribution >= 4 is 25.8 Å². The minimum atomic E-state index is -3.25. The summed E-state index contributed by atoms with van der Waals surface area (Å²) in [5.74, 6) is -0.0962. The first-order chi connectivity index (χ1) is 8.78. The van der Waals surface area contributed by atoms with E-state index in [9.17, 15) is 18.6 Å². The minimum Gasteiger partial charge on any atom is -0.486 e. The first kappa shape index (κ1) is 14.8. The van der Waals surface area contributed by atoms with Gasteiger partial charge in [-0.05, 0) is 25.1 Å². The number of aliphatic hydroxyl groups excluding tert-OH is 2. The van der Waals surface area contributed by atoms with Crippen molar-refractivity contribution in [1.82, 2.24) is 0 Å². The van der Waals surface area contributed by atoms with Crippen molar-refractivity contribution in [1.29, 1.82) is 0 Å². The van der Waals surface area contributed by atoms with Crippen LogP contribution >= 0.6 is 15.9 Å². The quantitative estimate of drug-likeness (QED) is 0.850. The molecule has 1 aromatic carbocycles. The van der Waals surface area contributed by atoms with E-state index in [2.05, 4.69) is 15.9 Å². The van der Waals surface area contributed by atoms with Crippen LogP contribution in [0.1, 0.15) is 18.6 Å². The summed E-state index contributed by atoms with van der Waals surface area (Å²) in [4.78, 5) is 0. The van der Waals surface area contributed by atoms with Crippen molar-refractivity contribution < 1.29 is 23.4 Å². The lowest BCUT2D eigenvalue weighted by Crippen LogP contribution is -2.30. The van der Waals surface area contributed by atoms with Crippen LogP contribution in [0.5, 0.6) is 5.75 Å². The van der Waals surface area contributed by atoms with Gasteiger partial charge in [0.25, 0.3) is 0 Å². The van der Waals surface area contributed by atoms with E-state index in [4.69, 9.17) is 4.74 Å². The molecule has 3 atom stereocenters. The second-order valence-corrected chi connectivity index (χ2v) is 7.73. The van der Waals surface area contributed by atoms with Gasteiger partial charge in [0.15, 0.2) is 9.84 Å². The highest BCUT2D eigenvalue weighted by Gasteiger charge is 2.38. The summed E-state index contributed by atoms with van der Waals surface area (Å²) in [6, 6.07) is 5.08. The van der Waals surface area contributed by atoms with Gasteiger partial charge in [-0.25, -0.2) is 8.42 Å². The molecule has 1 aliphatic rings. The normalized spacial score (nSPS) is 27.2. The summed E-state index contributed by atoms with van der Waals surface area (Å²) in [5, 5.41) is 19.4. The summed E-state index contributed by atoms with van der Waals surface area (Å²) in [7, 11) is -3.25. The summed E-state index contributed by atoms with van der Waals surface area (Å²) in [6.07, 6.45) is -2.57. The number of sulfone groups is 1. The molecule has 0 amide bonds. The maximum absolute atomic E-state index is 11.4. The SMILES string of the molecule is CC(O)c1cc(Br)ccc1OC1CS(=O)(=O)CC1O. The monoisotopic (exact) mass is 350 g/mol. The first-order valence-corrected chi connectivity index (χ1v) is 8.42. The fraction of sp³-hybridized carbons (Fsp3) is 0.500. The number of rotatable bonds is 3. The molecule has 0 spiro atoms. The Balaban J connectivity index is 2.25. The number of benzene rings is 1. The second-order valence-electron chi connectivity index (χ2n) is 4.66. The Morgan fingerprint density at radius 1 is 1.42 bits per heavy atom. The van der Waals surface area contributed by atoms with Gasteiger partial charge >= 0.3 is 0 Å². The largest absolute Gasteiger partial charge is 0.486 e. The van der Waals surface area contributed by atoms with Gasteiger partial charge in [-0.1, -0.05) is 15.9 Å². The number of halogens is 1. The number of hydrogen-bond acceptors (Lipinski definition) is 5. The highest BCUT2D eigenvalue weighted by molar-refractivity contribution is 9.10. The Bertz CT molecular complexity index is 569. The Morgan fingerprint density at radius 3 is 2.63 bits per heavy atom. The molecule has 1 saturated heterocycles. The predicted octanol–water partition coefficient (Wildman–Crippen LogP) is 1.04. The van der Waals surface area contributed by atoms with Crippen LogP contribution in [0.15, 0.2) is 22.7 Å². The molecule has 0 aliphatic carbocycles. The molecule has 1 aliphatic heterocycles. The van der Waals surface area contributed by atoms with E-state index >= 15 is 0 Å². The van der Waals surface area contributed by atoms with Crippen LogP contribution in [-0.2, 0) is 9.84 Å². The third kappa shape index (κ3) is 3.47. The zero-order valence-electron chi connectivity index (χ0n) is 10.3. The maximum atomic E-state index is 11.4. The summed E-state index contributed by atoms with van der Waals surface area (Å²) in [6.45, 7) is 1.59. The molecule has 0 bridgehead atoms. The molecule has 0 saturated carbocycles. The zero-order valence-corrected chi connectivity index (χ0v) is 12.7. The third-order valence-electron chi connectivity index (χ3n) is 2.97. The lowest BCUT2D eigenvalue weighted by molar-refractivity contribution is 0.0707. The Labute approximate surface area is 120 Å². The summed E-state index contributed by atoms with van der Waals surface area (Å²) < 4.78 is 29.2. The second kappa shape index (κ2) is 5.40. The molecule has 1 aromatic rings. The van der Waals surface area contributed by atoms with Crippen LogP contribution in [0.3, 0.4) is 0 Å². The fourth-order valence-electron chi connectivity index (χ4n) is 2.03. The van der Waals surface area contributed by atoms with E-state index < -0.39 is 28.1 Å². The molecule has 1 heterocycles. The van der Waals surface area contributed by atoms with Gasteiger partial charge < -0.3 is 14.9 Å². The topological polar surface area (TPSA) is 83.8 Å². The number of hydrogen-bond donors (Lipinski definition) is 2. The van der Waals surface area contributed by atoms with E-state index in [1.54, 1.807) is 25.1 Å². The molecule has 19 heavy (non-hydrogen) atoms. The van der Waals surface area contributed by atoms with E-state index in [1.165, 1.54) is 0 Å². The van der Waals surface area contributed by atoms with E-state index in [0.29, 0.717) is 11.3 Å². The molecule has 7 heteroatoms. The average molecular weight is 351 g/mol. The molecule has 0 aromatic heterocycles. The average Bonchev–Trinajstić information content (AvgIpc) is 2.54. The zero-order chi connectivity index (χ0) is 14.2. The van der Waals surface area contributed by atoms with Crippen LogP contribution in [-0.4, -0.2) is 42.3 Å². The smallest absolute Gasteiger partial charge is 0.156 e. The van der Waals surface area contributed by atoms with Gasteiger partial charge in [0.1, 0.15) is 18.0 Å². The van der Waals surface area contributed by atoms with Gasteiger partial charge in [0.05, 0.1) is 17.6 Å². The van der Waals surface area contributed by atoms with Gasteiger partial charge in [0, 0.05) is 10.0 Å². The molecule has 2 rings (SSSR count). The first-order valence-electron chi connectivity index (χ1n) is 5.81. The standard InChI is InChI=1S/C12H15BrO5S/c1-7(14)9-4-8(13)2-3-11(9)18-12-6-19(16,17)5-10(12)15/h2-4,7,10,12,14-15H,5-6H2,1H3. The summed E-state index contributed by atoms with van der Waals surface area (Å²) >= 11 is 3.30. The Kier molecular flexibility index (Phi) is 4.20. The fourth-order valence-corrected chi connectivity index (χ4v) is 4.07. The van der Waals surface area contributed by atoms with Crippen molar-refractivity contribution in [3.8, 4) is 5.75 Å². The predicted molar refractivity (Wildman–Crippen MR) is 73.9 cm³/mol. The van der Waals surface area contributed by atoms with Crippen molar-refractivity contribution in [3.63, 3.8) is 0 Å². The maximum Gasteiger partial charge on any atom is 0.156 e. The Hall–Kier alpha value is -0.630. The van der Waals surface area contributed by atoms with Crippen LogP contribution in [0, 0.1) is 0 Å². The molecule has 1 fully saturated rings. The van der Waals surface area contributed by atoms with E-state index in [1.807, 2.05) is 0 Å². The molecule has 106 valence electrons. The highest BCUT2D eigenvalue weighted by Crippen LogP contribution is 2.30. The lowest BCUT2D eigenvalue weighted by Gasteiger charge is -2.19. The van der Waals surface area contributed by atoms with Gasteiger partial charge in [-0.15, -0.1) is 0 Å². The molecule has 5 nitrogen and oxygen atoms in total. The molecular weight excluding hydrogens is 336 g/mol. The van der Waals surface area contributed by atoms with Crippen LogP contribution < -0.4 is 4.74 Å². The van der Waals surface area contributed by atoms with Gasteiger partial charge in [-0.3, -0.25) is 0 Å². The molecular formula is C12H15BrO5S. The highest BCUT2D eigenvalue weighted by atomic mass is 79.9. The summed E-state index contributed by atoms with van der Waals surface area (Å²) in [5.41, 5.74) is 0.547. The van der Waals surface area contributed by atoms with Crippen molar-refractivity contribution in [2.75, 3.05) is 11.5 Å². The van der Waals surface area contributed by atoms with Crippen molar-refractivity contribution in [3.05, 3.63) is 28.2 Å².